The Morgan fingerprint density at radius 1 is 0.284 bits per heavy atom. The van der Waals surface area contributed by atoms with Gasteiger partial charge in [0.1, 0.15) is 13.2 Å². The summed E-state index contributed by atoms with van der Waals surface area (Å²) in [5.74, 6) is -0.986. The molecular weight excluding hydrogens is 913 g/mol. The first-order valence-electron chi connectivity index (χ1n) is 30.0. The predicted octanol–water partition coefficient (Wildman–Crippen LogP) is 20.4. The third-order valence-electron chi connectivity index (χ3n) is 12.3. The van der Waals surface area contributed by atoms with Gasteiger partial charge in [-0.2, -0.15) is 0 Å². The zero-order valence-electron chi connectivity index (χ0n) is 47.5. The van der Waals surface area contributed by atoms with Gasteiger partial charge in [-0.05, 0) is 89.9 Å². The van der Waals surface area contributed by atoms with Crippen LogP contribution >= 0.6 is 0 Å². The lowest BCUT2D eigenvalue weighted by atomic mass is 10.1. The van der Waals surface area contributed by atoms with Gasteiger partial charge in [-0.15, -0.1) is 0 Å². The maximum atomic E-state index is 12.9. The smallest absolute Gasteiger partial charge is 0.306 e. The van der Waals surface area contributed by atoms with Crippen LogP contribution in [0.3, 0.4) is 0 Å². The van der Waals surface area contributed by atoms with E-state index >= 15 is 0 Å². The van der Waals surface area contributed by atoms with Crippen LogP contribution in [0.1, 0.15) is 245 Å². The molecule has 0 saturated heterocycles. The van der Waals surface area contributed by atoms with E-state index in [9.17, 15) is 14.4 Å². The highest BCUT2D eigenvalue weighted by atomic mass is 16.6. The summed E-state index contributed by atoms with van der Waals surface area (Å²) in [6.07, 6.45) is 86.8. The van der Waals surface area contributed by atoms with Crippen LogP contribution in [0.4, 0.5) is 0 Å². The molecule has 0 aromatic heterocycles. The molecule has 1 unspecified atom stereocenters. The zero-order chi connectivity index (χ0) is 53.6. The molecule has 0 heterocycles. The van der Waals surface area contributed by atoms with Crippen LogP contribution in [0.2, 0.25) is 0 Å². The summed E-state index contributed by atoms with van der Waals surface area (Å²) < 4.78 is 16.8. The lowest BCUT2D eigenvalue weighted by Crippen LogP contribution is -2.30. The molecule has 0 rings (SSSR count). The van der Waals surface area contributed by atoms with Crippen molar-refractivity contribution in [3.63, 3.8) is 0 Å². The highest BCUT2D eigenvalue weighted by molar-refractivity contribution is 5.71. The Kier molecular flexibility index (Phi) is 57.0. The van der Waals surface area contributed by atoms with Gasteiger partial charge in [0.15, 0.2) is 6.10 Å². The Labute approximate surface area is 455 Å². The molecule has 0 N–H and O–H groups in total. The average molecular weight is 1020 g/mol. The second kappa shape index (κ2) is 60.8. The molecule has 0 amide bonds. The van der Waals surface area contributed by atoms with E-state index in [0.717, 1.165) is 96.3 Å². The van der Waals surface area contributed by atoms with Gasteiger partial charge in [-0.1, -0.05) is 282 Å². The number of ether oxygens (including phenoxy) is 3. The van der Waals surface area contributed by atoms with Gasteiger partial charge >= 0.3 is 17.9 Å². The molecule has 74 heavy (non-hydrogen) atoms. The van der Waals surface area contributed by atoms with Crippen molar-refractivity contribution in [3.05, 3.63) is 146 Å². The van der Waals surface area contributed by atoms with Crippen molar-refractivity contribution in [2.24, 2.45) is 0 Å². The highest BCUT2D eigenvalue weighted by Gasteiger charge is 2.19. The summed E-state index contributed by atoms with van der Waals surface area (Å²) in [6, 6.07) is 0. The number of hydrogen-bond donors (Lipinski definition) is 0. The van der Waals surface area contributed by atoms with E-state index in [1.165, 1.54) is 109 Å². The van der Waals surface area contributed by atoms with Gasteiger partial charge in [-0.25, -0.2) is 0 Å². The van der Waals surface area contributed by atoms with Crippen LogP contribution in [-0.2, 0) is 28.6 Å². The Bertz CT molecular complexity index is 1640. The second-order valence-corrected chi connectivity index (χ2v) is 19.4. The number of esters is 3. The first kappa shape index (κ1) is 69.3. The number of rotatable bonds is 52. The predicted molar refractivity (Wildman–Crippen MR) is 320 cm³/mol. The Morgan fingerprint density at radius 3 is 0.905 bits per heavy atom. The fourth-order valence-electron chi connectivity index (χ4n) is 7.84. The molecule has 0 aromatic rings. The molecule has 6 heteroatoms. The lowest BCUT2D eigenvalue weighted by molar-refractivity contribution is -0.167. The SMILES string of the molecule is CC\C=C/C=C\C=C/C=C\C=C\C=C/C=C\CCCCCC(=O)OCC(COC(=O)CCCCCCC\C=C/C=C\C=C/C=C\CCCCC)OC(=O)CCCCCCCCC/C=C\CCCCCCCCCC. The van der Waals surface area contributed by atoms with E-state index in [1.807, 2.05) is 72.9 Å². The minimum Gasteiger partial charge on any atom is -0.462 e. The molecular formula is C68H108O6. The summed E-state index contributed by atoms with van der Waals surface area (Å²) in [7, 11) is 0. The molecule has 0 aromatic carbocycles. The second-order valence-electron chi connectivity index (χ2n) is 19.4. The topological polar surface area (TPSA) is 78.9 Å². The first-order valence-corrected chi connectivity index (χ1v) is 30.0. The van der Waals surface area contributed by atoms with E-state index < -0.39 is 6.10 Å². The van der Waals surface area contributed by atoms with Crippen LogP contribution in [-0.4, -0.2) is 37.2 Å². The van der Waals surface area contributed by atoms with Crippen molar-refractivity contribution < 1.29 is 28.6 Å². The largest absolute Gasteiger partial charge is 0.462 e. The fourth-order valence-corrected chi connectivity index (χ4v) is 7.84. The number of carbonyl (C=O) groups excluding carboxylic acids is 3. The van der Waals surface area contributed by atoms with Gasteiger partial charge in [-0.3, -0.25) is 14.4 Å². The van der Waals surface area contributed by atoms with Gasteiger partial charge in [0.2, 0.25) is 0 Å². The molecule has 0 saturated carbocycles. The number of hydrogen-bond acceptors (Lipinski definition) is 6. The minimum atomic E-state index is -0.817. The van der Waals surface area contributed by atoms with E-state index in [1.54, 1.807) is 0 Å². The van der Waals surface area contributed by atoms with Crippen LogP contribution in [0.5, 0.6) is 0 Å². The van der Waals surface area contributed by atoms with Crippen LogP contribution in [0, 0.1) is 0 Å². The fraction of sp³-hybridized carbons (Fsp3) is 0.603. The van der Waals surface area contributed by atoms with E-state index in [-0.39, 0.29) is 31.1 Å². The number of carbonyl (C=O) groups is 3. The normalized spacial score (nSPS) is 13.2. The first-order chi connectivity index (χ1) is 36.5. The molecule has 0 aliphatic heterocycles. The summed E-state index contributed by atoms with van der Waals surface area (Å²) >= 11 is 0. The van der Waals surface area contributed by atoms with Crippen molar-refractivity contribution in [2.75, 3.05) is 13.2 Å². The van der Waals surface area contributed by atoms with Crippen LogP contribution in [0.15, 0.2) is 146 Å². The maximum absolute atomic E-state index is 12.9. The lowest BCUT2D eigenvalue weighted by Gasteiger charge is -2.18. The Balaban J connectivity index is 4.57. The van der Waals surface area contributed by atoms with Crippen molar-refractivity contribution in [1.29, 1.82) is 0 Å². The molecule has 0 aliphatic carbocycles. The number of allylic oxidation sites excluding steroid dienone is 24. The van der Waals surface area contributed by atoms with Gasteiger partial charge in [0.05, 0.1) is 0 Å². The Morgan fingerprint density at radius 2 is 0.541 bits per heavy atom. The number of unbranched alkanes of at least 4 members (excludes halogenated alkanes) is 26. The van der Waals surface area contributed by atoms with Crippen molar-refractivity contribution >= 4 is 17.9 Å². The molecule has 6 nitrogen and oxygen atoms in total. The third-order valence-corrected chi connectivity index (χ3v) is 12.3. The minimum absolute atomic E-state index is 0.113. The van der Waals surface area contributed by atoms with E-state index in [2.05, 4.69) is 93.7 Å². The van der Waals surface area contributed by atoms with E-state index in [0.29, 0.717) is 19.3 Å². The van der Waals surface area contributed by atoms with Crippen LogP contribution in [0.25, 0.3) is 0 Å². The van der Waals surface area contributed by atoms with Gasteiger partial charge in [0.25, 0.3) is 0 Å². The quantitative estimate of drug-likeness (QED) is 0.0199. The molecule has 0 spiro atoms. The molecule has 0 radical (unpaired) electrons. The molecule has 416 valence electrons. The zero-order valence-corrected chi connectivity index (χ0v) is 47.5. The summed E-state index contributed by atoms with van der Waals surface area (Å²) in [5.41, 5.74) is 0. The maximum Gasteiger partial charge on any atom is 0.306 e. The summed E-state index contributed by atoms with van der Waals surface area (Å²) in [4.78, 5) is 38.3. The molecule has 1 atom stereocenters. The highest BCUT2D eigenvalue weighted by Crippen LogP contribution is 2.14. The van der Waals surface area contributed by atoms with E-state index in [4.69, 9.17) is 14.2 Å². The van der Waals surface area contributed by atoms with Gasteiger partial charge < -0.3 is 14.2 Å². The van der Waals surface area contributed by atoms with Crippen LogP contribution < -0.4 is 0 Å². The molecule has 0 fully saturated rings. The standard InChI is InChI=1S/C68H108O6/c1-4-7-10-13-16-19-22-25-28-31-34-37-40-43-46-49-52-55-58-61-67(70)73-64-65(63-72-66(69)60-57-54-51-48-45-42-39-36-33-30-27-24-21-18-15-12-9-6-3)74-68(71)62-59-56-53-50-47-44-41-38-35-32-29-26-23-20-17-14-11-8-5-2/h7,10,13,16,18-19,21-22,24-25,27-28,30-37,39-40,43,46,65H,4-6,8-9,11-12,14-15,17,20,23,26,29,38,41-42,44-45,47-64H2,1-3H3/b10-7-,16-13-,21-18-,22-19-,27-24-,28-25-,33-30-,34-31+,35-32-,39-36-,40-37-,46-43-. The molecule has 0 aliphatic rings. The average Bonchev–Trinajstić information content (AvgIpc) is 3.40. The molecule has 0 bridgehead atoms. The summed E-state index contributed by atoms with van der Waals surface area (Å²) in [5, 5.41) is 0. The summed E-state index contributed by atoms with van der Waals surface area (Å²) in [6.45, 7) is 6.39. The third kappa shape index (κ3) is 58.2. The van der Waals surface area contributed by atoms with Crippen molar-refractivity contribution in [2.45, 2.75) is 252 Å². The Hall–Kier alpha value is -4.71. The monoisotopic (exact) mass is 1020 g/mol. The van der Waals surface area contributed by atoms with Crippen molar-refractivity contribution in [1.82, 2.24) is 0 Å². The van der Waals surface area contributed by atoms with Crippen molar-refractivity contribution in [3.8, 4) is 0 Å². The van der Waals surface area contributed by atoms with Gasteiger partial charge in [0, 0.05) is 19.3 Å².